The fraction of sp³-hybridized carbons (Fsp3) is 0. The summed E-state index contributed by atoms with van der Waals surface area (Å²) in [5, 5.41) is 3.06. The summed E-state index contributed by atoms with van der Waals surface area (Å²) in [6, 6.07) is 8.69. The molecule has 0 atom stereocenters. The topological polar surface area (TPSA) is 89.6 Å². The van der Waals surface area contributed by atoms with Gasteiger partial charge in [-0.05, 0) is 12.1 Å². The first-order valence-corrected chi connectivity index (χ1v) is 6.19. The third kappa shape index (κ3) is 1.96. The van der Waals surface area contributed by atoms with Gasteiger partial charge >= 0.3 is 0 Å². The predicted molar refractivity (Wildman–Crippen MR) is 76.8 cm³/mol. The average Bonchev–Trinajstić information content (AvgIpc) is 2.76. The van der Waals surface area contributed by atoms with Crippen molar-refractivity contribution in [1.29, 1.82) is 0 Å². The maximum atomic E-state index is 12.1. The minimum Gasteiger partial charge on any atom is -0.383 e. The summed E-state index contributed by atoms with van der Waals surface area (Å²) in [6.07, 6.45) is 3.13. The van der Waals surface area contributed by atoms with Crippen LogP contribution in [0.25, 0.3) is 17.1 Å². The van der Waals surface area contributed by atoms with Gasteiger partial charge in [0.05, 0.1) is 5.56 Å². The van der Waals surface area contributed by atoms with Gasteiger partial charge in [-0.3, -0.25) is 9.89 Å². The Morgan fingerprint density at radius 3 is 2.55 bits per heavy atom. The molecule has 1 aromatic carbocycles. The van der Waals surface area contributed by atoms with Crippen LogP contribution in [0.2, 0.25) is 5.02 Å². The van der Waals surface area contributed by atoms with Crippen molar-refractivity contribution in [3.63, 3.8) is 0 Å². The van der Waals surface area contributed by atoms with Crippen molar-refractivity contribution >= 4 is 17.4 Å². The Hall–Kier alpha value is -2.60. The fourth-order valence-electron chi connectivity index (χ4n) is 1.93. The molecule has 7 heteroatoms. The van der Waals surface area contributed by atoms with Gasteiger partial charge in [0.1, 0.15) is 5.82 Å². The Labute approximate surface area is 118 Å². The Morgan fingerprint density at radius 2 is 1.85 bits per heavy atom. The molecule has 0 aliphatic heterocycles. The van der Waals surface area contributed by atoms with Crippen LogP contribution >= 0.6 is 11.6 Å². The van der Waals surface area contributed by atoms with Crippen LogP contribution in [0.3, 0.4) is 0 Å². The number of hydrogen-bond acceptors (Lipinski definition) is 4. The second-order valence-corrected chi connectivity index (χ2v) is 4.47. The van der Waals surface area contributed by atoms with Crippen molar-refractivity contribution in [2.24, 2.45) is 0 Å². The monoisotopic (exact) mass is 287 g/mol. The zero-order valence-electron chi connectivity index (χ0n) is 10.2. The maximum Gasteiger partial charge on any atom is 0.274 e. The Morgan fingerprint density at radius 1 is 1.15 bits per heavy atom. The van der Waals surface area contributed by atoms with Crippen LogP contribution in [-0.4, -0.2) is 19.7 Å². The van der Waals surface area contributed by atoms with E-state index in [1.165, 1.54) is 4.68 Å². The average molecular weight is 288 g/mol. The molecule has 0 fully saturated rings. The minimum atomic E-state index is -0.344. The molecule has 0 radical (unpaired) electrons. The summed E-state index contributed by atoms with van der Waals surface area (Å²) in [4.78, 5) is 20.2. The van der Waals surface area contributed by atoms with Gasteiger partial charge in [-0.1, -0.05) is 29.8 Å². The standard InChI is InChI=1S/C13H10ClN5O/c14-9-5-2-1-4-8(9)10-11(15)19(18-12(10)20)13-16-6-3-7-17-13/h1-7H,15H2,(H,18,20). The van der Waals surface area contributed by atoms with Crippen LogP contribution in [0.1, 0.15) is 0 Å². The molecule has 6 nitrogen and oxygen atoms in total. The zero-order chi connectivity index (χ0) is 14.1. The molecular weight excluding hydrogens is 278 g/mol. The van der Waals surface area contributed by atoms with Gasteiger partial charge in [-0.25, -0.2) is 14.6 Å². The molecule has 0 aliphatic carbocycles. The number of nitrogen functional groups attached to an aromatic ring is 1. The predicted octanol–water partition coefficient (Wildman–Crippen LogP) is 1.86. The number of aromatic nitrogens is 4. The van der Waals surface area contributed by atoms with E-state index in [1.54, 1.807) is 42.7 Å². The third-order valence-electron chi connectivity index (χ3n) is 2.83. The lowest BCUT2D eigenvalue weighted by molar-refractivity contribution is 0.806. The molecule has 3 N–H and O–H groups in total. The lowest BCUT2D eigenvalue weighted by Crippen LogP contribution is -2.08. The Kier molecular flexibility index (Phi) is 3.00. The summed E-state index contributed by atoms with van der Waals surface area (Å²) in [7, 11) is 0. The number of aromatic amines is 1. The number of halogens is 1. The van der Waals surface area contributed by atoms with E-state index in [9.17, 15) is 4.79 Å². The van der Waals surface area contributed by atoms with Gasteiger partial charge in [-0.15, -0.1) is 0 Å². The summed E-state index contributed by atoms with van der Waals surface area (Å²) >= 11 is 6.11. The summed E-state index contributed by atoms with van der Waals surface area (Å²) < 4.78 is 1.33. The van der Waals surface area contributed by atoms with Crippen LogP contribution < -0.4 is 11.3 Å². The van der Waals surface area contributed by atoms with E-state index < -0.39 is 0 Å². The molecule has 0 saturated carbocycles. The van der Waals surface area contributed by atoms with Gasteiger partial charge in [0.25, 0.3) is 11.5 Å². The molecule has 3 aromatic rings. The molecule has 0 unspecified atom stereocenters. The van der Waals surface area contributed by atoms with Gasteiger partial charge < -0.3 is 5.73 Å². The highest BCUT2D eigenvalue weighted by atomic mass is 35.5. The largest absolute Gasteiger partial charge is 0.383 e. The first-order chi connectivity index (χ1) is 9.68. The first kappa shape index (κ1) is 12.4. The Balaban J connectivity index is 2.23. The van der Waals surface area contributed by atoms with Crippen LogP contribution in [0.4, 0.5) is 5.82 Å². The van der Waals surface area contributed by atoms with E-state index in [4.69, 9.17) is 17.3 Å². The lowest BCUT2D eigenvalue weighted by atomic mass is 10.1. The quantitative estimate of drug-likeness (QED) is 0.753. The minimum absolute atomic E-state index is 0.217. The highest BCUT2D eigenvalue weighted by Gasteiger charge is 2.18. The normalized spacial score (nSPS) is 10.7. The molecule has 0 aliphatic rings. The van der Waals surface area contributed by atoms with Crippen molar-refractivity contribution in [2.45, 2.75) is 0 Å². The molecular formula is C13H10ClN5O. The van der Waals surface area contributed by atoms with Gasteiger partial charge in [0, 0.05) is 23.0 Å². The lowest BCUT2D eigenvalue weighted by Gasteiger charge is -2.04. The van der Waals surface area contributed by atoms with Crippen molar-refractivity contribution in [3.05, 3.63) is 58.1 Å². The summed E-state index contributed by atoms with van der Waals surface area (Å²) in [5.74, 6) is 0.509. The van der Waals surface area contributed by atoms with Gasteiger partial charge in [0.2, 0.25) is 0 Å². The van der Waals surface area contributed by atoms with Crippen LogP contribution in [0, 0.1) is 0 Å². The van der Waals surface area contributed by atoms with E-state index in [0.29, 0.717) is 22.1 Å². The van der Waals surface area contributed by atoms with E-state index in [-0.39, 0.29) is 11.4 Å². The second kappa shape index (κ2) is 4.82. The molecule has 2 heterocycles. The van der Waals surface area contributed by atoms with E-state index in [0.717, 1.165) is 0 Å². The van der Waals surface area contributed by atoms with E-state index in [1.807, 2.05) is 0 Å². The first-order valence-electron chi connectivity index (χ1n) is 5.81. The summed E-state index contributed by atoms with van der Waals surface area (Å²) in [5.41, 5.74) is 6.57. The van der Waals surface area contributed by atoms with E-state index in [2.05, 4.69) is 15.1 Å². The second-order valence-electron chi connectivity index (χ2n) is 4.07. The molecule has 0 amide bonds. The molecule has 100 valence electrons. The number of hydrogen-bond donors (Lipinski definition) is 2. The fourth-order valence-corrected chi connectivity index (χ4v) is 2.16. The van der Waals surface area contributed by atoms with Crippen LogP contribution in [0.5, 0.6) is 0 Å². The van der Waals surface area contributed by atoms with Gasteiger partial charge in [0.15, 0.2) is 0 Å². The summed E-state index contributed by atoms with van der Waals surface area (Å²) in [6.45, 7) is 0. The number of nitrogens with two attached hydrogens (primary N) is 1. The van der Waals surface area contributed by atoms with Gasteiger partial charge in [-0.2, -0.15) is 0 Å². The van der Waals surface area contributed by atoms with Crippen molar-refractivity contribution in [1.82, 2.24) is 19.7 Å². The van der Waals surface area contributed by atoms with Crippen molar-refractivity contribution in [2.75, 3.05) is 5.73 Å². The number of anilines is 1. The SMILES string of the molecule is Nc1c(-c2ccccc2Cl)c(=O)[nH]n1-c1ncccn1. The number of rotatable bonds is 2. The molecule has 0 spiro atoms. The highest BCUT2D eigenvalue weighted by Crippen LogP contribution is 2.29. The number of benzene rings is 1. The van der Waals surface area contributed by atoms with Crippen molar-refractivity contribution < 1.29 is 0 Å². The maximum absolute atomic E-state index is 12.1. The van der Waals surface area contributed by atoms with Crippen LogP contribution in [-0.2, 0) is 0 Å². The highest BCUT2D eigenvalue weighted by molar-refractivity contribution is 6.33. The van der Waals surface area contributed by atoms with Crippen molar-refractivity contribution in [3.8, 4) is 17.1 Å². The molecule has 0 saturated heterocycles. The molecule has 20 heavy (non-hydrogen) atoms. The van der Waals surface area contributed by atoms with Crippen LogP contribution in [0.15, 0.2) is 47.5 Å². The smallest absolute Gasteiger partial charge is 0.274 e. The Bertz CT molecular complexity index is 809. The number of nitrogens with one attached hydrogen (secondary N) is 1. The zero-order valence-corrected chi connectivity index (χ0v) is 11.0. The van der Waals surface area contributed by atoms with E-state index >= 15 is 0 Å². The molecule has 2 aromatic heterocycles. The molecule has 0 bridgehead atoms. The number of nitrogens with zero attached hydrogens (tertiary/aromatic N) is 3. The molecule has 3 rings (SSSR count). The third-order valence-corrected chi connectivity index (χ3v) is 3.16. The number of H-pyrrole nitrogens is 1.